The van der Waals surface area contributed by atoms with Gasteiger partial charge >= 0.3 is 0 Å². The highest BCUT2D eigenvalue weighted by Crippen LogP contribution is 2.25. The van der Waals surface area contributed by atoms with E-state index in [-0.39, 0.29) is 28.8 Å². The molecule has 0 heterocycles. The molecule has 1 atom stereocenters. The van der Waals surface area contributed by atoms with E-state index in [1.165, 1.54) is 41.3 Å². The first-order valence-corrected chi connectivity index (χ1v) is 14.9. The number of anilines is 1. The fourth-order valence-corrected chi connectivity index (χ4v) is 5.35. The molecule has 0 aliphatic carbocycles. The third-order valence-electron chi connectivity index (χ3n) is 6.21. The molecule has 11 heteroatoms. The normalized spacial score (nSPS) is 11.8. The number of ether oxygens (including phenoxy) is 1. The van der Waals surface area contributed by atoms with Crippen LogP contribution in [0.4, 0.5) is 10.1 Å². The largest absolute Gasteiger partial charge is 0.484 e. The van der Waals surface area contributed by atoms with E-state index >= 15 is 0 Å². The lowest BCUT2D eigenvalue weighted by molar-refractivity contribution is -0.143. The SMILES string of the molecule is CCNC(=O)[C@H](c1ccccc1)N(Cc1ccc(Cl)cc1)C(=O)COc1ccc(S(=O)(=O)Nc2ccc(F)cc2)cc1. The van der Waals surface area contributed by atoms with Gasteiger partial charge in [0.25, 0.3) is 15.9 Å². The zero-order valence-electron chi connectivity index (χ0n) is 22.7. The Balaban J connectivity index is 1.52. The lowest BCUT2D eigenvalue weighted by Gasteiger charge is -2.31. The van der Waals surface area contributed by atoms with E-state index in [0.29, 0.717) is 17.1 Å². The first kappa shape index (κ1) is 30.5. The van der Waals surface area contributed by atoms with Gasteiger partial charge in [-0.2, -0.15) is 0 Å². The van der Waals surface area contributed by atoms with Gasteiger partial charge in [-0.15, -0.1) is 0 Å². The predicted octanol–water partition coefficient (Wildman–Crippen LogP) is 5.56. The fourth-order valence-electron chi connectivity index (χ4n) is 4.16. The molecule has 0 saturated heterocycles. The fraction of sp³-hybridized carbons (Fsp3) is 0.161. The Hall–Kier alpha value is -4.41. The van der Waals surface area contributed by atoms with Gasteiger partial charge in [-0.05, 0) is 78.7 Å². The Morgan fingerprint density at radius 2 is 1.55 bits per heavy atom. The molecule has 4 rings (SSSR count). The second kappa shape index (κ2) is 14.0. The van der Waals surface area contributed by atoms with Gasteiger partial charge in [0, 0.05) is 23.8 Å². The average Bonchev–Trinajstić information content (AvgIpc) is 2.98. The molecule has 0 fully saturated rings. The number of amides is 2. The van der Waals surface area contributed by atoms with E-state index in [9.17, 15) is 22.4 Å². The highest BCUT2D eigenvalue weighted by molar-refractivity contribution is 7.92. The number of nitrogens with one attached hydrogen (secondary N) is 2. The van der Waals surface area contributed by atoms with E-state index < -0.39 is 34.4 Å². The molecular formula is C31H29ClFN3O5S. The van der Waals surface area contributed by atoms with Gasteiger partial charge in [0.2, 0.25) is 5.91 Å². The summed E-state index contributed by atoms with van der Waals surface area (Å²) in [4.78, 5) is 28.3. The maximum atomic E-state index is 13.6. The number of sulfonamides is 1. The number of carbonyl (C=O) groups is 2. The predicted molar refractivity (Wildman–Crippen MR) is 159 cm³/mol. The summed E-state index contributed by atoms with van der Waals surface area (Å²) in [5.41, 5.74) is 1.61. The van der Waals surface area contributed by atoms with Crippen molar-refractivity contribution in [1.82, 2.24) is 10.2 Å². The van der Waals surface area contributed by atoms with E-state index in [1.54, 1.807) is 55.5 Å². The molecule has 218 valence electrons. The van der Waals surface area contributed by atoms with Crippen molar-refractivity contribution in [2.75, 3.05) is 17.9 Å². The Morgan fingerprint density at radius 3 is 2.17 bits per heavy atom. The van der Waals surface area contributed by atoms with Crippen molar-refractivity contribution in [1.29, 1.82) is 0 Å². The number of halogens is 2. The van der Waals surface area contributed by atoms with Gasteiger partial charge in [-0.25, -0.2) is 12.8 Å². The van der Waals surface area contributed by atoms with Crippen LogP contribution in [0.15, 0.2) is 108 Å². The number of rotatable bonds is 12. The van der Waals surface area contributed by atoms with Crippen molar-refractivity contribution in [3.63, 3.8) is 0 Å². The van der Waals surface area contributed by atoms with E-state index in [1.807, 2.05) is 6.07 Å². The van der Waals surface area contributed by atoms with E-state index in [4.69, 9.17) is 16.3 Å². The van der Waals surface area contributed by atoms with Gasteiger partial charge in [0.05, 0.1) is 4.90 Å². The van der Waals surface area contributed by atoms with Crippen LogP contribution in [-0.4, -0.2) is 38.3 Å². The van der Waals surface area contributed by atoms with Crippen LogP contribution in [0.25, 0.3) is 0 Å². The van der Waals surface area contributed by atoms with Crippen LogP contribution < -0.4 is 14.8 Å². The Kier molecular flexibility index (Phi) is 10.2. The van der Waals surface area contributed by atoms with Crippen LogP contribution >= 0.6 is 11.6 Å². The first-order valence-electron chi connectivity index (χ1n) is 13.0. The molecule has 42 heavy (non-hydrogen) atoms. The number of hydrogen-bond donors (Lipinski definition) is 2. The molecule has 0 saturated carbocycles. The van der Waals surface area contributed by atoms with Gasteiger partial charge in [-0.3, -0.25) is 14.3 Å². The van der Waals surface area contributed by atoms with Crippen LogP contribution in [0, 0.1) is 5.82 Å². The van der Waals surface area contributed by atoms with E-state index in [2.05, 4.69) is 10.0 Å². The molecule has 2 N–H and O–H groups in total. The molecular weight excluding hydrogens is 581 g/mol. The second-order valence-corrected chi connectivity index (χ2v) is 11.3. The van der Waals surface area contributed by atoms with Gasteiger partial charge in [-0.1, -0.05) is 54.1 Å². The Bertz CT molecular complexity index is 1600. The highest BCUT2D eigenvalue weighted by atomic mass is 35.5. The summed E-state index contributed by atoms with van der Waals surface area (Å²) in [6, 6.07) is 25.5. The van der Waals surface area contributed by atoms with Crippen LogP contribution in [0.1, 0.15) is 24.1 Å². The number of nitrogens with zero attached hydrogens (tertiary/aromatic N) is 1. The van der Waals surface area contributed by atoms with Gasteiger partial charge in [0.1, 0.15) is 17.6 Å². The molecule has 0 unspecified atom stereocenters. The summed E-state index contributed by atoms with van der Waals surface area (Å²) in [6.07, 6.45) is 0. The quantitative estimate of drug-likeness (QED) is 0.219. The maximum Gasteiger partial charge on any atom is 0.261 e. The summed E-state index contributed by atoms with van der Waals surface area (Å²) in [5, 5.41) is 3.36. The second-order valence-electron chi connectivity index (χ2n) is 9.23. The van der Waals surface area contributed by atoms with Crippen LogP contribution in [0.3, 0.4) is 0 Å². The molecule has 0 bridgehead atoms. The number of carbonyl (C=O) groups excluding carboxylic acids is 2. The van der Waals surface area contributed by atoms with E-state index in [0.717, 1.165) is 17.7 Å². The Labute approximate surface area is 249 Å². The van der Waals surface area contributed by atoms with Gasteiger partial charge < -0.3 is 15.0 Å². The first-order chi connectivity index (χ1) is 20.2. The van der Waals surface area contributed by atoms with Gasteiger partial charge in [0.15, 0.2) is 6.61 Å². The Morgan fingerprint density at radius 1 is 0.905 bits per heavy atom. The summed E-state index contributed by atoms with van der Waals surface area (Å²) in [7, 11) is -3.94. The van der Waals surface area contributed by atoms with Crippen LogP contribution in [0.2, 0.25) is 5.02 Å². The molecule has 2 amide bonds. The van der Waals surface area contributed by atoms with Crippen LogP contribution in [-0.2, 0) is 26.2 Å². The molecule has 8 nitrogen and oxygen atoms in total. The molecule has 0 aliphatic heterocycles. The third kappa shape index (κ3) is 8.08. The number of hydrogen-bond acceptors (Lipinski definition) is 5. The highest BCUT2D eigenvalue weighted by Gasteiger charge is 2.31. The standard InChI is InChI=1S/C31H29ClFN3O5S/c1-2-34-31(38)30(23-6-4-3-5-7-23)36(20-22-8-10-24(32)11-9-22)29(37)21-41-27-16-18-28(19-17-27)42(39,40)35-26-14-12-25(33)13-15-26/h3-19,30,35H,2,20-21H2,1H3,(H,34,38)/t30-/m0/s1. The topological polar surface area (TPSA) is 105 Å². The number of benzene rings is 4. The van der Waals surface area contributed by atoms with Crippen molar-refractivity contribution in [2.45, 2.75) is 24.4 Å². The van der Waals surface area contributed by atoms with Crippen LogP contribution in [0.5, 0.6) is 5.75 Å². The summed E-state index contributed by atoms with van der Waals surface area (Å²) in [5.74, 6) is -1.03. The zero-order chi connectivity index (χ0) is 30.1. The molecule has 4 aromatic carbocycles. The molecule has 0 spiro atoms. The number of likely N-dealkylation sites (N-methyl/N-ethyl adjacent to an activating group) is 1. The van der Waals surface area contributed by atoms with Crippen molar-refractivity contribution in [2.24, 2.45) is 0 Å². The minimum Gasteiger partial charge on any atom is -0.484 e. The molecule has 0 radical (unpaired) electrons. The minimum absolute atomic E-state index is 0.0461. The van der Waals surface area contributed by atoms with Crippen molar-refractivity contribution >= 4 is 39.1 Å². The van der Waals surface area contributed by atoms with Crippen molar-refractivity contribution < 1.29 is 27.1 Å². The summed E-state index contributed by atoms with van der Waals surface area (Å²) in [6.45, 7) is 1.89. The average molecular weight is 610 g/mol. The minimum atomic E-state index is -3.94. The smallest absolute Gasteiger partial charge is 0.261 e. The maximum absolute atomic E-state index is 13.6. The lowest BCUT2D eigenvalue weighted by Crippen LogP contribution is -2.45. The van der Waals surface area contributed by atoms with Crippen molar-refractivity contribution in [3.8, 4) is 5.75 Å². The monoisotopic (exact) mass is 609 g/mol. The third-order valence-corrected chi connectivity index (χ3v) is 7.85. The zero-order valence-corrected chi connectivity index (χ0v) is 24.2. The summed E-state index contributed by atoms with van der Waals surface area (Å²) >= 11 is 6.04. The lowest BCUT2D eigenvalue weighted by atomic mass is 10.0. The summed E-state index contributed by atoms with van der Waals surface area (Å²) < 4.78 is 46.7. The molecule has 4 aromatic rings. The molecule has 0 aliphatic rings. The van der Waals surface area contributed by atoms with Crippen molar-refractivity contribution in [3.05, 3.63) is 125 Å². The molecule has 0 aromatic heterocycles.